The van der Waals surface area contributed by atoms with Crippen LogP contribution >= 0.6 is 0 Å². The number of para-hydroxylation sites is 1. The number of nitro benzene ring substituents is 1. The van der Waals surface area contributed by atoms with Gasteiger partial charge in [0.25, 0.3) is 5.69 Å². The summed E-state index contributed by atoms with van der Waals surface area (Å²) in [5.41, 5.74) is -0.308. The first-order valence-corrected chi connectivity index (χ1v) is 13.0. The first kappa shape index (κ1) is 29.5. The van der Waals surface area contributed by atoms with Gasteiger partial charge in [0, 0.05) is 37.9 Å². The number of hydrogen-bond acceptors (Lipinski definition) is 6. The predicted molar refractivity (Wildman–Crippen MR) is 122 cm³/mol. The molecule has 17 heteroatoms. The second-order valence-corrected chi connectivity index (χ2v) is 10.9. The fraction of sp³-hybridized carbons (Fsp3) is 0.381. The Balaban J connectivity index is 1.75. The highest BCUT2D eigenvalue weighted by atomic mass is 32.2. The molecule has 0 bridgehead atoms. The van der Waals surface area contributed by atoms with E-state index >= 15 is 0 Å². The molecule has 1 amide bonds. The molecule has 0 aliphatic carbocycles. The number of hydrogen-bond donors (Lipinski definition) is 0. The lowest BCUT2D eigenvalue weighted by Crippen LogP contribution is -2.54. The molecule has 1 heterocycles. The number of rotatable bonds is 8. The lowest BCUT2D eigenvalue weighted by molar-refractivity contribution is -0.388. The van der Waals surface area contributed by atoms with Crippen LogP contribution in [-0.2, 0) is 26.4 Å². The molecule has 208 valence electrons. The Labute approximate surface area is 215 Å². The number of nitrogens with zero attached hydrogens (tertiary/aromatic N) is 3. The molecular weight excluding hydrogens is 571 g/mol. The Morgan fingerprint density at radius 1 is 0.921 bits per heavy atom. The number of nitro groups is 1. The largest absolute Gasteiger partial charge is 0.461 e. The molecule has 0 N–H and O–H groups in total. The second-order valence-electron chi connectivity index (χ2n) is 7.94. The summed E-state index contributed by atoms with van der Waals surface area (Å²) >= 11 is 0. The minimum atomic E-state index is -6.76. The maximum absolute atomic E-state index is 13.8. The van der Waals surface area contributed by atoms with Crippen LogP contribution in [0.2, 0.25) is 0 Å². The van der Waals surface area contributed by atoms with Gasteiger partial charge in [0.15, 0.2) is 0 Å². The summed E-state index contributed by atoms with van der Waals surface area (Å²) < 4.78 is 116. The zero-order chi connectivity index (χ0) is 28.5. The molecule has 2 unspecified atom stereocenters. The van der Waals surface area contributed by atoms with E-state index in [1.165, 1.54) is 4.90 Å². The van der Waals surface area contributed by atoms with Crippen LogP contribution in [0.5, 0.6) is 0 Å². The summed E-state index contributed by atoms with van der Waals surface area (Å²) in [6, 6.07) is 10.2. The first-order chi connectivity index (χ1) is 17.6. The molecule has 0 aromatic heterocycles. The molecule has 2 atom stereocenters. The highest BCUT2D eigenvalue weighted by Crippen LogP contribution is 2.49. The number of amides is 1. The topological polar surface area (TPSA) is 101 Å². The van der Waals surface area contributed by atoms with Crippen LogP contribution in [0.25, 0.3) is 0 Å². The molecule has 0 radical (unpaired) electrons. The molecule has 1 fully saturated rings. The Hall–Kier alpha value is -3.08. The molecule has 0 saturated carbocycles. The SMILES string of the molecule is O=C(CS(=O)c1ccc(S(=O)C(F)(F)C(F)(F)C(F)(F)F)cc1[N+](=O)[O-])N1CCN(c2ccccc2)CC1. The number of halogens is 7. The van der Waals surface area contributed by atoms with E-state index in [1.807, 2.05) is 35.2 Å². The Kier molecular flexibility index (Phi) is 8.50. The van der Waals surface area contributed by atoms with E-state index in [4.69, 9.17) is 0 Å². The van der Waals surface area contributed by atoms with E-state index in [2.05, 4.69) is 0 Å². The van der Waals surface area contributed by atoms with Gasteiger partial charge in [0.1, 0.15) is 21.4 Å². The fourth-order valence-electron chi connectivity index (χ4n) is 3.51. The number of carbonyl (C=O) groups excluding carboxylic acids is 1. The molecule has 38 heavy (non-hydrogen) atoms. The Morgan fingerprint density at radius 3 is 2.03 bits per heavy atom. The normalized spacial score (nSPS) is 16.7. The van der Waals surface area contributed by atoms with Gasteiger partial charge in [0.05, 0.1) is 20.6 Å². The van der Waals surface area contributed by atoms with Gasteiger partial charge in [0.2, 0.25) is 5.91 Å². The molecule has 0 spiro atoms. The average molecular weight is 590 g/mol. The third-order valence-corrected chi connectivity index (χ3v) is 8.30. The monoisotopic (exact) mass is 589 g/mol. The number of carbonyl (C=O) groups is 1. The van der Waals surface area contributed by atoms with E-state index < -0.39 is 71.0 Å². The summed E-state index contributed by atoms with van der Waals surface area (Å²) in [4.78, 5) is 24.0. The minimum Gasteiger partial charge on any atom is -0.368 e. The lowest BCUT2D eigenvalue weighted by Gasteiger charge is -2.36. The molecule has 3 rings (SSSR count). The van der Waals surface area contributed by atoms with Gasteiger partial charge in [-0.15, -0.1) is 0 Å². The molecular formula is C21H18F7N3O5S2. The van der Waals surface area contributed by atoms with Crippen molar-refractivity contribution in [2.24, 2.45) is 0 Å². The van der Waals surface area contributed by atoms with Gasteiger partial charge in [-0.3, -0.25) is 19.1 Å². The second kappa shape index (κ2) is 11.0. The molecule has 8 nitrogen and oxygen atoms in total. The van der Waals surface area contributed by atoms with Crippen molar-refractivity contribution in [1.29, 1.82) is 0 Å². The highest BCUT2D eigenvalue weighted by Gasteiger charge is 2.76. The molecule has 1 aliphatic rings. The van der Waals surface area contributed by atoms with Crippen LogP contribution in [0.1, 0.15) is 0 Å². The summed E-state index contributed by atoms with van der Waals surface area (Å²) in [6.45, 7) is 1.38. The minimum absolute atomic E-state index is 0.0762. The number of benzene rings is 2. The lowest BCUT2D eigenvalue weighted by atomic mass is 10.2. The van der Waals surface area contributed by atoms with E-state index in [1.54, 1.807) is 0 Å². The van der Waals surface area contributed by atoms with Crippen molar-refractivity contribution in [3.05, 3.63) is 58.6 Å². The zero-order valence-electron chi connectivity index (χ0n) is 19.0. The van der Waals surface area contributed by atoms with Crippen LogP contribution in [0.4, 0.5) is 42.1 Å². The van der Waals surface area contributed by atoms with E-state index in [-0.39, 0.29) is 19.2 Å². The first-order valence-electron chi connectivity index (χ1n) is 10.6. The van der Waals surface area contributed by atoms with Crippen LogP contribution in [0.3, 0.4) is 0 Å². The highest BCUT2D eigenvalue weighted by molar-refractivity contribution is 7.86. The van der Waals surface area contributed by atoms with Crippen molar-refractivity contribution in [3.63, 3.8) is 0 Å². The van der Waals surface area contributed by atoms with Crippen LogP contribution in [-0.4, -0.2) is 73.4 Å². The van der Waals surface area contributed by atoms with Crippen LogP contribution in [0, 0.1) is 10.1 Å². The van der Waals surface area contributed by atoms with E-state index in [0.717, 1.165) is 5.69 Å². The Morgan fingerprint density at radius 2 is 1.50 bits per heavy atom. The van der Waals surface area contributed by atoms with Crippen LogP contribution < -0.4 is 4.90 Å². The number of anilines is 1. The van der Waals surface area contributed by atoms with Gasteiger partial charge in [-0.2, -0.15) is 30.7 Å². The molecule has 1 saturated heterocycles. The van der Waals surface area contributed by atoms with Gasteiger partial charge in [-0.25, -0.2) is 4.21 Å². The smallest absolute Gasteiger partial charge is 0.368 e. The van der Waals surface area contributed by atoms with Crippen molar-refractivity contribution in [2.75, 3.05) is 36.8 Å². The quantitative estimate of drug-likeness (QED) is 0.263. The predicted octanol–water partition coefficient (Wildman–Crippen LogP) is 3.95. The summed E-state index contributed by atoms with van der Waals surface area (Å²) in [7, 11) is -6.81. The average Bonchev–Trinajstić information content (AvgIpc) is 2.87. The van der Waals surface area contributed by atoms with Crippen molar-refractivity contribution in [2.45, 2.75) is 27.1 Å². The summed E-state index contributed by atoms with van der Waals surface area (Å²) in [6.07, 6.45) is -6.76. The summed E-state index contributed by atoms with van der Waals surface area (Å²) in [5, 5.41) is 5.25. The maximum atomic E-state index is 13.8. The Bertz CT molecular complexity index is 1250. The standard InChI is InChI=1S/C21H18F7N3O5S2/c22-19(23,20(24,25)26)21(27,28)38(36)15-6-7-17(16(12-15)31(33)34)37(35)13-18(32)30-10-8-29(9-11-30)14-4-2-1-3-5-14/h1-7,12H,8-11,13H2. The molecule has 2 aromatic rings. The van der Waals surface area contributed by atoms with Gasteiger partial charge in [-0.05, 0) is 24.3 Å². The molecule has 1 aliphatic heterocycles. The molecule has 2 aromatic carbocycles. The van der Waals surface area contributed by atoms with Crippen molar-refractivity contribution >= 4 is 38.9 Å². The zero-order valence-corrected chi connectivity index (χ0v) is 20.6. The van der Waals surface area contributed by atoms with Gasteiger partial charge < -0.3 is 9.80 Å². The maximum Gasteiger partial charge on any atom is 0.461 e. The van der Waals surface area contributed by atoms with E-state index in [0.29, 0.717) is 25.2 Å². The van der Waals surface area contributed by atoms with Gasteiger partial charge >= 0.3 is 17.4 Å². The van der Waals surface area contributed by atoms with Crippen molar-refractivity contribution in [3.8, 4) is 0 Å². The van der Waals surface area contributed by atoms with E-state index in [9.17, 15) is 54.1 Å². The van der Waals surface area contributed by atoms with Crippen molar-refractivity contribution in [1.82, 2.24) is 4.90 Å². The number of alkyl halides is 7. The van der Waals surface area contributed by atoms with Crippen molar-refractivity contribution < 1.29 is 48.9 Å². The summed E-state index contributed by atoms with van der Waals surface area (Å²) in [5.74, 6) is -8.11. The fourth-order valence-corrected chi connectivity index (χ4v) is 5.72. The third-order valence-electron chi connectivity index (χ3n) is 5.55. The van der Waals surface area contributed by atoms with Crippen LogP contribution in [0.15, 0.2) is 58.3 Å². The third kappa shape index (κ3) is 5.82. The van der Waals surface area contributed by atoms with Gasteiger partial charge in [-0.1, -0.05) is 18.2 Å². The number of piperazine rings is 1.